The molecule has 152 valence electrons. The highest BCUT2D eigenvalue weighted by Gasteiger charge is 2.31. The third kappa shape index (κ3) is 5.87. The zero-order valence-electron chi connectivity index (χ0n) is 14.5. The van der Waals surface area contributed by atoms with Crippen molar-refractivity contribution in [2.24, 2.45) is 0 Å². The van der Waals surface area contributed by atoms with Crippen molar-refractivity contribution in [3.05, 3.63) is 65.7 Å². The van der Waals surface area contributed by atoms with Gasteiger partial charge in [-0.1, -0.05) is 12.1 Å². The second-order valence-electron chi connectivity index (χ2n) is 5.87. The summed E-state index contributed by atoms with van der Waals surface area (Å²) in [6.45, 7) is -1.65. The molecule has 5 nitrogen and oxygen atoms in total. The van der Waals surface area contributed by atoms with Crippen LogP contribution in [-0.2, 0) is 12.6 Å². The molecule has 0 aliphatic rings. The van der Waals surface area contributed by atoms with Crippen molar-refractivity contribution in [3.8, 4) is 17.4 Å². The Bertz CT molecular complexity index is 976. The van der Waals surface area contributed by atoms with E-state index in [-0.39, 0.29) is 23.6 Å². The first-order chi connectivity index (χ1) is 13.6. The maximum atomic E-state index is 13.0. The minimum Gasteiger partial charge on any atom is -0.454 e. The molecular weight excluding hydrogens is 402 g/mol. The highest BCUT2D eigenvalue weighted by atomic mass is 19.4. The molecule has 0 radical (unpaired) electrons. The normalized spacial score (nSPS) is 12.1. The molecule has 0 bridgehead atoms. The molecule has 0 atom stereocenters. The van der Waals surface area contributed by atoms with Crippen LogP contribution >= 0.6 is 0 Å². The predicted octanol–water partition coefficient (Wildman–Crippen LogP) is 4.48. The lowest BCUT2D eigenvalue weighted by atomic mass is 10.1. The Morgan fingerprint density at radius 1 is 0.862 bits per heavy atom. The number of hydrogen-bond donors (Lipinski definition) is 0. The zero-order chi connectivity index (χ0) is 21.1. The smallest absolute Gasteiger partial charge is 0.422 e. The Kier molecular flexibility index (Phi) is 5.66. The van der Waals surface area contributed by atoms with Crippen LogP contribution in [0.4, 0.5) is 26.3 Å². The minimum atomic E-state index is -4.63. The van der Waals surface area contributed by atoms with Gasteiger partial charge in [0.25, 0.3) is 0 Å². The number of benzene rings is 1. The minimum absolute atomic E-state index is 0.0323. The van der Waals surface area contributed by atoms with Gasteiger partial charge >= 0.3 is 18.4 Å². The lowest BCUT2D eigenvalue weighted by Crippen LogP contribution is -2.20. The highest BCUT2D eigenvalue weighted by molar-refractivity contribution is 5.56. The van der Waals surface area contributed by atoms with Crippen LogP contribution in [0.1, 0.15) is 17.0 Å². The molecule has 11 heteroatoms. The Balaban J connectivity index is 2.00. The first kappa shape index (κ1) is 20.5. The molecule has 0 unspecified atom stereocenters. The molecule has 0 saturated heterocycles. The van der Waals surface area contributed by atoms with Crippen molar-refractivity contribution < 1.29 is 31.1 Å². The van der Waals surface area contributed by atoms with Gasteiger partial charge in [-0.3, -0.25) is 4.98 Å². The Hall–Kier alpha value is -3.24. The van der Waals surface area contributed by atoms with Crippen molar-refractivity contribution in [1.82, 2.24) is 19.9 Å². The van der Waals surface area contributed by atoms with Gasteiger partial charge in [0.1, 0.15) is 5.82 Å². The first-order valence-electron chi connectivity index (χ1n) is 8.11. The van der Waals surface area contributed by atoms with Crippen molar-refractivity contribution in [2.75, 3.05) is 6.61 Å². The number of pyridine rings is 1. The summed E-state index contributed by atoms with van der Waals surface area (Å²) in [5.74, 6) is -0.192. The Morgan fingerprint density at radius 3 is 2.24 bits per heavy atom. The summed E-state index contributed by atoms with van der Waals surface area (Å²) in [6.07, 6.45) is -6.12. The van der Waals surface area contributed by atoms with Gasteiger partial charge in [0.15, 0.2) is 12.4 Å². The molecule has 29 heavy (non-hydrogen) atoms. The third-order valence-corrected chi connectivity index (χ3v) is 3.59. The molecule has 0 amide bonds. The lowest BCUT2D eigenvalue weighted by Gasteiger charge is -2.11. The van der Waals surface area contributed by atoms with Gasteiger partial charge in [-0.15, -0.1) is 0 Å². The van der Waals surface area contributed by atoms with Crippen LogP contribution in [-0.4, -0.2) is 32.7 Å². The van der Waals surface area contributed by atoms with Crippen LogP contribution in [0.2, 0.25) is 0 Å². The molecule has 2 aromatic heterocycles. The topological polar surface area (TPSA) is 60.8 Å². The molecule has 3 rings (SSSR count). The summed E-state index contributed by atoms with van der Waals surface area (Å²) in [5, 5.41) is 0. The maximum absolute atomic E-state index is 13.0. The molecule has 0 spiro atoms. The van der Waals surface area contributed by atoms with Crippen molar-refractivity contribution in [3.63, 3.8) is 0 Å². The summed E-state index contributed by atoms with van der Waals surface area (Å²) in [5.41, 5.74) is -0.276. The maximum Gasteiger partial charge on any atom is 0.422 e. The fourth-order valence-electron chi connectivity index (χ4n) is 2.34. The van der Waals surface area contributed by atoms with Crippen molar-refractivity contribution in [2.45, 2.75) is 18.8 Å². The predicted molar refractivity (Wildman–Crippen MR) is 88.9 cm³/mol. The summed E-state index contributed by atoms with van der Waals surface area (Å²) in [6, 6.07) is 6.79. The zero-order valence-corrected chi connectivity index (χ0v) is 14.5. The fourth-order valence-corrected chi connectivity index (χ4v) is 2.34. The van der Waals surface area contributed by atoms with Crippen LogP contribution < -0.4 is 4.74 Å². The van der Waals surface area contributed by atoms with E-state index in [0.29, 0.717) is 5.56 Å². The molecule has 3 aromatic rings. The summed E-state index contributed by atoms with van der Waals surface area (Å²) >= 11 is 0. The molecular formula is C18H12F6N4O. The number of alkyl halides is 6. The molecule has 1 aromatic carbocycles. The number of rotatable bonds is 5. The lowest BCUT2D eigenvalue weighted by molar-refractivity contribution is -0.154. The second-order valence-corrected chi connectivity index (χ2v) is 5.87. The van der Waals surface area contributed by atoms with E-state index in [9.17, 15) is 26.3 Å². The van der Waals surface area contributed by atoms with Crippen LogP contribution in [0, 0.1) is 0 Å². The quantitative estimate of drug-likeness (QED) is 0.576. The average Bonchev–Trinajstić information content (AvgIpc) is 2.66. The van der Waals surface area contributed by atoms with E-state index in [1.165, 1.54) is 18.5 Å². The SMILES string of the molecule is FC(F)(F)COc1nc(Cc2ccncc2)nc(-c2cccc(C(F)(F)F)c2)n1. The van der Waals surface area contributed by atoms with Crippen LogP contribution in [0.3, 0.4) is 0 Å². The molecule has 0 saturated carbocycles. The van der Waals surface area contributed by atoms with Crippen LogP contribution in [0.15, 0.2) is 48.8 Å². The van der Waals surface area contributed by atoms with Gasteiger partial charge in [-0.25, -0.2) is 4.98 Å². The van der Waals surface area contributed by atoms with Gasteiger partial charge in [0.05, 0.1) is 5.56 Å². The number of aromatic nitrogens is 4. The van der Waals surface area contributed by atoms with Gasteiger partial charge in [-0.05, 0) is 29.8 Å². The van der Waals surface area contributed by atoms with Crippen LogP contribution in [0.25, 0.3) is 11.4 Å². The number of ether oxygens (including phenoxy) is 1. The number of nitrogens with zero attached hydrogens (tertiary/aromatic N) is 4. The summed E-state index contributed by atoms with van der Waals surface area (Å²) in [4.78, 5) is 15.5. The summed E-state index contributed by atoms with van der Waals surface area (Å²) < 4.78 is 80.9. The average molecular weight is 414 g/mol. The monoisotopic (exact) mass is 414 g/mol. The Morgan fingerprint density at radius 2 is 1.59 bits per heavy atom. The van der Waals surface area contributed by atoms with E-state index in [1.807, 2.05) is 0 Å². The van der Waals surface area contributed by atoms with E-state index in [2.05, 4.69) is 24.7 Å². The van der Waals surface area contributed by atoms with Gasteiger partial charge < -0.3 is 4.74 Å². The fraction of sp³-hybridized carbons (Fsp3) is 0.222. The van der Waals surface area contributed by atoms with Crippen molar-refractivity contribution >= 4 is 0 Å². The van der Waals surface area contributed by atoms with E-state index in [4.69, 9.17) is 0 Å². The van der Waals surface area contributed by atoms with Gasteiger partial charge in [0.2, 0.25) is 0 Å². The first-order valence-corrected chi connectivity index (χ1v) is 8.11. The molecule has 0 aliphatic heterocycles. The number of halogens is 6. The molecule has 0 N–H and O–H groups in total. The molecule has 2 heterocycles. The largest absolute Gasteiger partial charge is 0.454 e. The molecule has 0 aliphatic carbocycles. The van der Waals surface area contributed by atoms with Gasteiger partial charge in [-0.2, -0.15) is 36.3 Å². The standard InChI is InChI=1S/C18H12F6N4O/c19-17(20,21)10-29-16-27-14(8-11-4-6-25-7-5-11)26-15(28-16)12-2-1-3-13(9-12)18(22,23)24/h1-7,9H,8,10H2. The third-order valence-electron chi connectivity index (χ3n) is 3.59. The van der Waals surface area contributed by atoms with E-state index in [1.54, 1.807) is 12.1 Å². The van der Waals surface area contributed by atoms with E-state index in [0.717, 1.165) is 18.2 Å². The van der Waals surface area contributed by atoms with Crippen LogP contribution in [0.5, 0.6) is 6.01 Å². The summed E-state index contributed by atoms with van der Waals surface area (Å²) in [7, 11) is 0. The number of hydrogen-bond acceptors (Lipinski definition) is 5. The highest BCUT2D eigenvalue weighted by Crippen LogP contribution is 2.31. The Labute approximate surface area is 160 Å². The van der Waals surface area contributed by atoms with Crippen molar-refractivity contribution in [1.29, 1.82) is 0 Å². The second kappa shape index (κ2) is 8.02. The van der Waals surface area contributed by atoms with Gasteiger partial charge in [0, 0.05) is 24.4 Å². The van der Waals surface area contributed by atoms with E-state index < -0.39 is 30.5 Å². The van der Waals surface area contributed by atoms with E-state index >= 15 is 0 Å². The molecule has 0 fully saturated rings.